The van der Waals surface area contributed by atoms with Crippen LogP contribution in [0, 0.1) is 11.3 Å². The van der Waals surface area contributed by atoms with Crippen molar-refractivity contribution in [3.05, 3.63) is 0 Å². The highest BCUT2D eigenvalue weighted by molar-refractivity contribution is 6.29. The van der Waals surface area contributed by atoms with Gasteiger partial charge in [-0.1, -0.05) is 11.6 Å². The molecule has 0 aromatic heterocycles. The van der Waals surface area contributed by atoms with Gasteiger partial charge in [-0.3, -0.25) is 0 Å². The number of hydrogen-bond donors (Lipinski definition) is 0. The van der Waals surface area contributed by atoms with Gasteiger partial charge >= 0.3 is 0 Å². The molecule has 0 radical (unpaired) electrons. The zero-order chi connectivity index (χ0) is 4.99. The third kappa shape index (κ3) is 1.74. The summed E-state index contributed by atoms with van der Waals surface area (Å²) < 4.78 is 0. The van der Waals surface area contributed by atoms with Crippen LogP contribution in [0.5, 0.6) is 0 Å². The van der Waals surface area contributed by atoms with Crippen LogP contribution in [0.4, 0.5) is 0 Å². The Balaban J connectivity index is 3.30. The molecule has 0 N–H and O–H groups in total. The molecule has 6 heavy (non-hydrogen) atoms. The van der Waals surface area contributed by atoms with Gasteiger partial charge in [0.1, 0.15) is 0 Å². The second kappa shape index (κ2) is 2.67. The zero-order valence-corrected chi connectivity index (χ0v) is 3.64. The second-order valence-electron chi connectivity index (χ2n) is 0.667. The number of halogens is 1. The molecule has 32 valence electrons. The Morgan fingerprint density at radius 3 is 2.50 bits per heavy atom. The fourth-order valence-electron chi connectivity index (χ4n) is 0.0304. The Kier molecular flexibility index (Phi) is 2.43. The molecule has 0 saturated carbocycles. The lowest BCUT2D eigenvalue weighted by atomic mass is 10.5. The van der Waals surface area contributed by atoms with E-state index in [0.29, 0.717) is 6.29 Å². The average Bonchev–Trinajstić information content (AvgIpc) is 1.65. The molecule has 0 rings (SSSR count). The van der Waals surface area contributed by atoms with E-state index in [2.05, 4.69) is 0 Å². The summed E-state index contributed by atoms with van der Waals surface area (Å²) in [6.45, 7) is 0. The standard InChI is InChI=1S/C3H2ClNO/c4-3(1-5)2-6/h2-3H/t3-/m0/s1. The van der Waals surface area contributed by atoms with Crippen LogP contribution in [0.25, 0.3) is 0 Å². The smallest absolute Gasteiger partial charge is 0.175 e. The van der Waals surface area contributed by atoms with E-state index in [1.54, 1.807) is 0 Å². The summed E-state index contributed by atoms with van der Waals surface area (Å²) in [7, 11) is 0. The van der Waals surface area contributed by atoms with E-state index in [9.17, 15) is 4.79 Å². The van der Waals surface area contributed by atoms with E-state index >= 15 is 0 Å². The van der Waals surface area contributed by atoms with Crippen molar-refractivity contribution in [3.8, 4) is 6.07 Å². The number of nitriles is 1. The molecule has 1 atom stereocenters. The number of carbonyl (C=O) groups is 1. The van der Waals surface area contributed by atoms with Crippen LogP contribution in [0.3, 0.4) is 0 Å². The van der Waals surface area contributed by atoms with Crippen LogP contribution >= 0.6 is 11.6 Å². The second-order valence-corrected chi connectivity index (χ2v) is 1.14. The van der Waals surface area contributed by atoms with Gasteiger partial charge in [-0.2, -0.15) is 5.26 Å². The Hall–Kier alpha value is -0.550. The molecule has 0 aromatic carbocycles. The minimum absolute atomic E-state index is 0.377. The van der Waals surface area contributed by atoms with Gasteiger partial charge in [-0.05, 0) is 0 Å². The first-order valence-electron chi connectivity index (χ1n) is 1.30. The van der Waals surface area contributed by atoms with E-state index in [1.807, 2.05) is 0 Å². The first-order valence-corrected chi connectivity index (χ1v) is 1.74. The summed E-state index contributed by atoms with van der Waals surface area (Å²) in [6, 6.07) is 1.51. The molecule has 0 heterocycles. The minimum atomic E-state index is -0.968. The fraction of sp³-hybridized carbons (Fsp3) is 0.333. The Morgan fingerprint density at radius 1 is 2.00 bits per heavy atom. The molecule has 0 aliphatic heterocycles. The number of carbonyl (C=O) groups excluding carboxylic acids is 1. The normalized spacial score (nSPS) is 12.0. The number of nitrogens with zero attached hydrogens (tertiary/aromatic N) is 1. The average molecular weight is 104 g/mol. The number of alkyl halides is 1. The summed E-state index contributed by atoms with van der Waals surface area (Å²) in [5, 5.41) is 6.75. The van der Waals surface area contributed by atoms with Crippen molar-refractivity contribution in [2.24, 2.45) is 0 Å². The minimum Gasteiger partial charge on any atom is -0.301 e. The summed E-state index contributed by atoms with van der Waals surface area (Å²) in [6.07, 6.45) is 0.377. The van der Waals surface area contributed by atoms with Crippen molar-refractivity contribution in [2.45, 2.75) is 5.38 Å². The number of rotatable bonds is 1. The Labute approximate surface area is 40.3 Å². The lowest BCUT2D eigenvalue weighted by Gasteiger charge is -1.72. The number of hydrogen-bond acceptors (Lipinski definition) is 2. The van der Waals surface area contributed by atoms with E-state index in [0.717, 1.165) is 0 Å². The van der Waals surface area contributed by atoms with Gasteiger partial charge in [-0.25, -0.2) is 0 Å². The van der Waals surface area contributed by atoms with Crippen LogP contribution in [-0.4, -0.2) is 11.7 Å². The molecule has 0 unspecified atom stereocenters. The molecule has 3 heteroatoms. The van der Waals surface area contributed by atoms with Gasteiger partial charge in [0, 0.05) is 0 Å². The largest absolute Gasteiger partial charge is 0.301 e. The molecular formula is C3H2ClNO. The lowest BCUT2D eigenvalue weighted by Crippen LogP contribution is -1.91. The van der Waals surface area contributed by atoms with Crippen molar-refractivity contribution in [3.63, 3.8) is 0 Å². The topological polar surface area (TPSA) is 40.9 Å². The Bertz CT molecular complexity index is 85.3. The molecule has 2 nitrogen and oxygen atoms in total. The molecule has 0 saturated heterocycles. The van der Waals surface area contributed by atoms with Crippen molar-refractivity contribution in [1.29, 1.82) is 5.26 Å². The lowest BCUT2D eigenvalue weighted by molar-refractivity contribution is -0.106. The molecule has 0 aliphatic rings. The van der Waals surface area contributed by atoms with Gasteiger partial charge in [0.25, 0.3) is 0 Å². The van der Waals surface area contributed by atoms with Crippen LogP contribution in [0.1, 0.15) is 0 Å². The van der Waals surface area contributed by atoms with Crippen molar-refractivity contribution < 1.29 is 4.79 Å². The molecule has 0 bridgehead atoms. The zero-order valence-electron chi connectivity index (χ0n) is 2.89. The van der Waals surface area contributed by atoms with Crippen molar-refractivity contribution >= 4 is 17.9 Å². The third-order valence-corrected chi connectivity index (χ3v) is 0.443. The molecule has 0 aliphatic carbocycles. The Morgan fingerprint density at radius 2 is 2.50 bits per heavy atom. The van der Waals surface area contributed by atoms with Crippen LogP contribution < -0.4 is 0 Å². The molecule has 0 fully saturated rings. The van der Waals surface area contributed by atoms with Crippen LogP contribution in [0.15, 0.2) is 0 Å². The highest BCUT2D eigenvalue weighted by Gasteiger charge is 1.92. The maximum atomic E-state index is 9.38. The highest BCUT2D eigenvalue weighted by Crippen LogP contribution is 1.83. The maximum Gasteiger partial charge on any atom is 0.175 e. The van der Waals surface area contributed by atoms with Gasteiger partial charge in [0.15, 0.2) is 11.7 Å². The quantitative estimate of drug-likeness (QED) is 0.354. The van der Waals surface area contributed by atoms with E-state index < -0.39 is 5.38 Å². The summed E-state index contributed by atoms with van der Waals surface area (Å²) in [5.41, 5.74) is 0. The summed E-state index contributed by atoms with van der Waals surface area (Å²) in [4.78, 5) is 9.38. The monoisotopic (exact) mass is 103 g/mol. The first kappa shape index (κ1) is 5.45. The van der Waals surface area contributed by atoms with Gasteiger partial charge in [-0.15, -0.1) is 0 Å². The first-order chi connectivity index (χ1) is 2.81. The fourth-order valence-corrected chi connectivity index (χ4v) is 0.0304. The third-order valence-electron chi connectivity index (χ3n) is 0.243. The predicted octanol–water partition coefficient (Wildman–Crippen LogP) is 0.316. The van der Waals surface area contributed by atoms with Gasteiger partial charge < -0.3 is 4.79 Å². The van der Waals surface area contributed by atoms with Gasteiger partial charge in [0.2, 0.25) is 0 Å². The predicted molar refractivity (Wildman–Crippen MR) is 21.3 cm³/mol. The SMILES string of the molecule is N#C[C@H](Cl)C=O. The van der Waals surface area contributed by atoms with E-state index in [1.165, 1.54) is 6.07 Å². The number of aldehydes is 1. The van der Waals surface area contributed by atoms with Crippen LogP contribution in [-0.2, 0) is 4.79 Å². The van der Waals surface area contributed by atoms with Crippen LogP contribution in [0.2, 0.25) is 0 Å². The van der Waals surface area contributed by atoms with Crippen molar-refractivity contribution in [2.75, 3.05) is 0 Å². The molecule has 0 aromatic rings. The van der Waals surface area contributed by atoms with Crippen molar-refractivity contribution in [1.82, 2.24) is 0 Å². The summed E-state index contributed by atoms with van der Waals surface area (Å²) >= 11 is 4.92. The maximum absolute atomic E-state index is 9.38. The van der Waals surface area contributed by atoms with E-state index in [-0.39, 0.29) is 0 Å². The molecule has 0 spiro atoms. The summed E-state index contributed by atoms with van der Waals surface area (Å²) in [5.74, 6) is 0. The van der Waals surface area contributed by atoms with E-state index in [4.69, 9.17) is 16.9 Å². The highest BCUT2D eigenvalue weighted by atomic mass is 35.5. The van der Waals surface area contributed by atoms with Gasteiger partial charge in [0.05, 0.1) is 6.07 Å². The molecule has 0 amide bonds. The molecular weight excluding hydrogens is 101 g/mol.